The molecule has 0 aliphatic heterocycles. The predicted molar refractivity (Wildman–Crippen MR) is 127 cm³/mol. The Hall–Kier alpha value is -2.80. The molecule has 2 aromatic rings. The highest BCUT2D eigenvalue weighted by Crippen LogP contribution is 2.25. The summed E-state index contributed by atoms with van der Waals surface area (Å²) in [5.74, 6) is -0.157. The molecule has 1 fully saturated rings. The van der Waals surface area contributed by atoms with Crippen molar-refractivity contribution in [2.75, 3.05) is 17.7 Å². The summed E-state index contributed by atoms with van der Waals surface area (Å²) >= 11 is 1.26. The molecule has 0 spiro atoms. The van der Waals surface area contributed by atoms with Crippen LogP contribution in [0.1, 0.15) is 48.5 Å². The summed E-state index contributed by atoms with van der Waals surface area (Å²) in [6.45, 7) is 3.90. The molecule has 7 heteroatoms. The first-order valence-corrected chi connectivity index (χ1v) is 11.9. The molecule has 0 aromatic heterocycles. The third-order valence-corrected chi connectivity index (χ3v) is 6.59. The fraction of sp³-hybridized carbons (Fsp3) is 0.400. The van der Waals surface area contributed by atoms with Crippen LogP contribution >= 0.6 is 11.8 Å². The minimum atomic E-state index is -0.570. The fourth-order valence-electron chi connectivity index (χ4n) is 3.62. The standard InChI is InChI=1S/C25H30N2O4S/c1-17-7-11-19(12-8-17)26-23(28)15-31-25(30)21-5-3-4-6-22(21)32-16-24(29)27-20-13-9-18(2)10-14-20/h3-6,9-10,13-14,17,19H,7-8,11-12,15-16H2,1-2H3,(H,26,28)(H,27,29). The number of hydrogen-bond donors (Lipinski definition) is 2. The van der Waals surface area contributed by atoms with E-state index in [2.05, 4.69) is 17.6 Å². The first-order chi connectivity index (χ1) is 15.4. The Balaban J connectivity index is 1.48. The van der Waals surface area contributed by atoms with E-state index in [-0.39, 0.29) is 30.2 Å². The molecular formula is C25H30N2O4S. The van der Waals surface area contributed by atoms with Crippen molar-refractivity contribution in [2.45, 2.75) is 50.5 Å². The summed E-state index contributed by atoms with van der Waals surface area (Å²) in [6.07, 6.45) is 4.13. The Morgan fingerprint density at radius 3 is 2.38 bits per heavy atom. The van der Waals surface area contributed by atoms with Crippen molar-refractivity contribution >= 4 is 35.2 Å². The Morgan fingerprint density at radius 1 is 0.969 bits per heavy atom. The van der Waals surface area contributed by atoms with Gasteiger partial charge in [0.05, 0.1) is 11.3 Å². The van der Waals surface area contributed by atoms with Gasteiger partial charge < -0.3 is 15.4 Å². The lowest BCUT2D eigenvalue weighted by molar-refractivity contribution is -0.125. The molecule has 0 unspecified atom stereocenters. The topological polar surface area (TPSA) is 84.5 Å². The van der Waals surface area contributed by atoms with Crippen LogP contribution in [0.4, 0.5) is 5.69 Å². The van der Waals surface area contributed by atoms with Crippen molar-refractivity contribution in [2.24, 2.45) is 5.92 Å². The number of aryl methyl sites for hydroxylation is 1. The van der Waals surface area contributed by atoms with E-state index in [1.165, 1.54) is 11.8 Å². The summed E-state index contributed by atoms with van der Waals surface area (Å²) in [4.78, 5) is 37.6. The second kappa shape index (κ2) is 11.7. The molecule has 2 amide bonds. The van der Waals surface area contributed by atoms with Crippen molar-refractivity contribution in [1.29, 1.82) is 0 Å². The largest absolute Gasteiger partial charge is 0.452 e. The number of hydrogen-bond acceptors (Lipinski definition) is 5. The average Bonchev–Trinajstić information content (AvgIpc) is 2.79. The first kappa shape index (κ1) is 23.9. The van der Waals surface area contributed by atoms with Crippen molar-refractivity contribution in [1.82, 2.24) is 5.32 Å². The van der Waals surface area contributed by atoms with Gasteiger partial charge in [-0.25, -0.2) is 4.79 Å². The number of thioether (sulfide) groups is 1. The molecular weight excluding hydrogens is 424 g/mol. The van der Waals surface area contributed by atoms with Gasteiger partial charge in [0.25, 0.3) is 5.91 Å². The molecule has 6 nitrogen and oxygen atoms in total. The van der Waals surface area contributed by atoms with Gasteiger partial charge in [0.1, 0.15) is 0 Å². The van der Waals surface area contributed by atoms with Gasteiger partial charge >= 0.3 is 5.97 Å². The molecule has 3 rings (SSSR count). The van der Waals surface area contributed by atoms with Crippen LogP contribution in [-0.4, -0.2) is 36.2 Å². The molecule has 0 saturated heterocycles. The SMILES string of the molecule is Cc1ccc(NC(=O)CSc2ccccc2C(=O)OCC(=O)NC2CCC(C)CC2)cc1. The van der Waals surface area contributed by atoms with Gasteiger partial charge in [0.2, 0.25) is 5.91 Å². The molecule has 0 radical (unpaired) electrons. The molecule has 2 aromatic carbocycles. The number of amides is 2. The lowest BCUT2D eigenvalue weighted by atomic mass is 9.87. The van der Waals surface area contributed by atoms with E-state index in [0.717, 1.165) is 36.9 Å². The molecule has 0 bridgehead atoms. The Labute approximate surface area is 193 Å². The zero-order chi connectivity index (χ0) is 22.9. The maximum atomic E-state index is 12.6. The maximum Gasteiger partial charge on any atom is 0.339 e. The molecule has 1 aliphatic rings. The molecule has 170 valence electrons. The fourth-order valence-corrected chi connectivity index (χ4v) is 4.46. The lowest BCUT2D eigenvalue weighted by Gasteiger charge is -2.26. The number of anilines is 1. The normalized spacial score (nSPS) is 17.9. The zero-order valence-corrected chi connectivity index (χ0v) is 19.4. The maximum absolute atomic E-state index is 12.6. The molecule has 0 heterocycles. The van der Waals surface area contributed by atoms with Gasteiger partial charge in [-0.2, -0.15) is 0 Å². The zero-order valence-electron chi connectivity index (χ0n) is 18.6. The van der Waals surface area contributed by atoms with Gasteiger partial charge in [-0.05, 0) is 62.8 Å². The number of benzene rings is 2. The van der Waals surface area contributed by atoms with Crippen LogP contribution in [0, 0.1) is 12.8 Å². The van der Waals surface area contributed by atoms with Gasteiger partial charge in [-0.15, -0.1) is 11.8 Å². The summed E-state index contributed by atoms with van der Waals surface area (Å²) in [5.41, 5.74) is 2.19. The average molecular weight is 455 g/mol. The number of esters is 1. The van der Waals surface area contributed by atoms with Crippen LogP contribution in [0.25, 0.3) is 0 Å². The van der Waals surface area contributed by atoms with Crippen molar-refractivity contribution in [3.05, 3.63) is 59.7 Å². The smallest absolute Gasteiger partial charge is 0.339 e. The molecule has 0 atom stereocenters. The van der Waals surface area contributed by atoms with E-state index >= 15 is 0 Å². The van der Waals surface area contributed by atoms with Crippen LogP contribution in [0.2, 0.25) is 0 Å². The van der Waals surface area contributed by atoms with Crippen molar-refractivity contribution < 1.29 is 19.1 Å². The third kappa shape index (κ3) is 7.41. The first-order valence-electron chi connectivity index (χ1n) is 11.0. The van der Waals surface area contributed by atoms with Gasteiger partial charge in [0, 0.05) is 16.6 Å². The minimum absolute atomic E-state index is 0.152. The van der Waals surface area contributed by atoms with E-state index in [0.29, 0.717) is 16.4 Å². The summed E-state index contributed by atoms with van der Waals surface area (Å²) in [6, 6.07) is 14.7. The summed E-state index contributed by atoms with van der Waals surface area (Å²) in [7, 11) is 0. The summed E-state index contributed by atoms with van der Waals surface area (Å²) < 4.78 is 5.24. The van der Waals surface area contributed by atoms with Crippen LogP contribution in [0.5, 0.6) is 0 Å². The van der Waals surface area contributed by atoms with E-state index in [1.54, 1.807) is 24.3 Å². The summed E-state index contributed by atoms with van der Waals surface area (Å²) in [5, 5.41) is 5.79. The van der Waals surface area contributed by atoms with E-state index in [4.69, 9.17) is 4.74 Å². The number of ether oxygens (including phenoxy) is 1. The Bertz CT molecular complexity index is 937. The predicted octanol–water partition coefficient (Wildman–Crippen LogP) is 4.58. The Morgan fingerprint density at radius 2 is 1.66 bits per heavy atom. The number of nitrogens with one attached hydrogen (secondary N) is 2. The van der Waals surface area contributed by atoms with Crippen molar-refractivity contribution in [3.8, 4) is 0 Å². The number of rotatable bonds is 8. The second-order valence-electron chi connectivity index (χ2n) is 8.30. The Kier molecular flexibility index (Phi) is 8.73. The second-order valence-corrected chi connectivity index (χ2v) is 9.32. The third-order valence-electron chi connectivity index (χ3n) is 5.52. The van der Waals surface area contributed by atoms with Crippen LogP contribution in [0.3, 0.4) is 0 Å². The number of carbonyl (C=O) groups is 3. The molecule has 32 heavy (non-hydrogen) atoms. The molecule has 2 N–H and O–H groups in total. The van der Waals surface area contributed by atoms with E-state index < -0.39 is 5.97 Å². The molecule has 1 aliphatic carbocycles. The minimum Gasteiger partial charge on any atom is -0.452 e. The van der Waals surface area contributed by atoms with Crippen LogP contribution < -0.4 is 10.6 Å². The van der Waals surface area contributed by atoms with E-state index in [9.17, 15) is 14.4 Å². The highest BCUT2D eigenvalue weighted by atomic mass is 32.2. The highest BCUT2D eigenvalue weighted by Gasteiger charge is 2.21. The quantitative estimate of drug-likeness (QED) is 0.451. The van der Waals surface area contributed by atoms with Gasteiger partial charge in [-0.3, -0.25) is 9.59 Å². The lowest BCUT2D eigenvalue weighted by Crippen LogP contribution is -2.39. The van der Waals surface area contributed by atoms with Crippen LogP contribution in [-0.2, 0) is 14.3 Å². The van der Waals surface area contributed by atoms with E-state index in [1.807, 2.05) is 31.2 Å². The van der Waals surface area contributed by atoms with Crippen molar-refractivity contribution in [3.63, 3.8) is 0 Å². The highest BCUT2D eigenvalue weighted by molar-refractivity contribution is 8.00. The van der Waals surface area contributed by atoms with Gasteiger partial charge in [0.15, 0.2) is 6.61 Å². The molecule has 1 saturated carbocycles. The van der Waals surface area contributed by atoms with Gasteiger partial charge in [-0.1, -0.05) is 36.8 Å². The number of carbonyl (C=O) groups excluding carboxylic acids is 3. The monoisotopic (exact) mass is 454 g/mol. The van der Waals surface area contributed by atoms with Crippen LogP contribution in [0.15, 0.2) is 53.4 Å².